The summed E-state index contributed by atoms with van der Waals surface area (Å²) in [6.07, 6.45) is 5.05. The Hall–Kier alpha value is -0.730. The number of hydrogen-bond donors (Lipinski definition) is 2. The summed E-state index contributed by atoms with van der Waals surface area (Å²) >= 11 is 0. The molecule has 1 aliphatic carbocycles. The molecule has 0 aliphatic heterocycles. The zero-order chi connectivity index (χ0) is 10.7. The number of halogens is 1. The third kappa shape index (κ3) is 3.13. The molecule has 0 atom stereocenters. The molecule has 0 heterocycles. The smallest absolute Gasteiger partial charge is 0.115 e. The SMILES string of the molecule is CN[C@H]1CC[C@H](c2ccc(O)cc2)CC1.Cl. The lowest BCUT2D eigenvalue weighted by Crippen LogP contribution is -2.29. The van der Waals surface area contributed by atoms with E-state index in [9.17, 15) is 5.11 Å². The molecule has 2 nitrogen and oxygen atoms in total. The van der Waals surface area contributed by atoms with E-state index in [1.807, 2.05) is 7.05 Å². The topological polar surface area (TPSA) is 32.3 Å². The van der Waals surface area contributed by atoms with Gasteiger partial charge >= 0.3 is 0 Å². The summed E-state index contributed by atoms with van der Waals surface area (Å²) < 4.78 is 0. The number of rotatable bonds is 2. The van der Waals surface area contributed by atoms with Crippen LogP contribution in [-0.4, -0.2) is 18.2 Å². The molecule has 0 spiro atoms. The van der Waals surface area contributed by atoms with Gasteiger partial charge in [-0.05, 0) is 56.3 Å². The lowest BCUT2D eigenvalue weighted by Gasteiger charge is -2.28. The standard InChI is InChI=1S/C13H19NO.ClH/c1-14-12-6-2-10(3-7-12)11-4-8-13(15)9-5-11;/h4-5,8-10,12,14-15H,2-3,6-7H2,1H3;1H/t10-,12-;. The summed E-state index contributed by atoms with van der Waals surface area (Å²) in [6.45, 7) is 0. The lowest BCUT2D eigenvalue weighted by molar-refractivity contribution is 0.358. The first-order valence-corrected chi connectivity index (χ1v) is 5.76. The van der Waals surface area contributed by atoms with Gasteiger partial charge in [0.1, 0.15) is 5.75 Å². The Kier molecular flexibility index (Phi) is 5.10. The fourth-order valence-electron chi connectivity index (χ4n) is 2.46. The molecule has 1 aliphatic rings. The Morgan fingerprint density at radius 1 is 1.06 bits per heavy atom. The van der Waals surface area contributed by atoms with Crippen molar-refractivity contribution in [1.29, 1.82) is 0 Å². The van der Waals surface area contributed by atoms with E-state index in [1.165, 1.54) is 31.2 Å². The van der Waals surface area contributed by atoms with Crippen molar-refractivity contribution < 1.29 is 5.11 Å². The van der Waals surface area contributed by atoms with Crippen molar-refractivity contribution in [3.63, 3.8) is 0 Å². The Labute approximate surface area is 103 Å². The third-order valence-electron chi connectivity index (χ3n) is 3.50. The highest BCUT2D eigenvalue weighted by atomic mass is 35.5. The van der Waals surface area contributed by atoms with E-state index < -0.39 is 0 Å². The number of benzene rings is 1. The second-order valence-corrected chi connectivity index (χ2v) is 4.43. The van der Waals surface area contributed by atoms with Crippen molar-refractivity contribution in [3.05, 3.63) is 29.8 Å². The van der Waals surface area contributed by atoms with E-state index in [-0.39, 0.29) is 12.4 Å². The van der Waals surface area contributed by atoms with Crippen molar-refractivity contribution in [2.24, 2.45) is 0 Å². The molecule has 0 aromatic heterocycles. The van der Waals surface area contributed by atoms with E-state index >= 15 is 0 Å². The van der Waals surface area contributed by atoms with Crippen LogP contribution in [0.2, 0.25) is 0 Å². The van der Waals surface area contributed by atoms with Crippen LogP contribution in [0.3, 0.4) is 0 Å². The fourth-order valence-corrected chi connectivity index (χ4v) is 2.46. The molecule has 0 unspecified atom stereocenters. The normalized spacial score (nSPS) is 24.8. The maximum absolute atomic E-state index is 9.23. The predicted octanol–water partition coefficient (Wildman–Crippen LogP) is 3.06. The van der Waals surface area contributed by atoms with Gasteiger partial charge < -0.3 is 10.4 Å². The average Bonchev–Trinajstić information content (AvgIpc) is 2.30. The van der Waals surface area contributed by atoms with Crippen molar-refractivity contribution in [1.82, 2.24) is 5.32 Å². The van der Waals surface area contributed by atoms with Gasteiger partial charge in [-0.3, -0.25) is 0 Å². The molecule has 0 saturated heterocycles. The number of hydrogen-bond acceptors (Lipinski definition) is 2. The molecule has 1 aromatic carbocycles. The molecule has 16 heavy (non-hydrogen) atoms. The maximum Gasteiger partial charge on any atom is 0.115 e. The van der Waals surface area contributed by atoms with Crippen molar-refractivity contribution in [3.8, 4) is 5.75 Å². The van der Waals surface area contributed by atoms with Gasteiger partial charge in [0, 0.05) is 6.04 Å². The minimum atomic E-state index is 0. The minimum absolute atomic E-state index is 0. The molecule has 2 rings (SSSR count). The van der Waals surface area contributed by atoms with Crippen LogP contribution in [0.15, 0.2) is 24.3 Å². The first-order chi connectivity index (χ1) is 7.29. The highest BCUT2D eigenvalue weighted by Gasteiger charge is 2.20. The van der Waals surface area contributed by atoms with E-state index in [1.54, 1.807) is 12.1 Å². The number of nitrogens with one attached hydrogen (secondary N) is 1. The van der Waals surface area contributed by atoms with Gasteiger partial charge in [0.15, 0.2) is 0 Å². The van der Waals surface area contributed by atoms with E-state index in [2.05, 4.69) is 17.4 Å². The monoisotopic (exact) mass is 241 g/mol. The molecule has 1 aromatic rings. The summed E-state index contributed by atoms with van der Waals surface area (Å²) in [5, 5.41) is 12.6. The van der Waals surface area contributed by atoms with E-state index in [0.29, 0.717) is 17.7 Å². The van der Waals surface area contributed by atoms with Crippen LogP contribution in [0, 0.1) is 0 Å². The van der Waals surface area contributed by atoms with Crippen LogP contribution in [0.4, 0.5) is 0 Å². The first kappa shape index (κ1) is 13.3. The lowest BCUT2D eigenvalue weighted by atomic mass is 9.82. The molecule has 0 bridgehead atoms. The highest BCUT2D eigenvalue weighted by Crippen LogP contribution is 2.33. The molecule has 3 heteroatoms. The zero-order valence-corrected chi connectivity index (χ0v) is 10.5. The third-order valence-corrected chi connectivity index (χ3v) is 3.50. The van der Waals surface area contributed by atoms with Gasteiger partial charge in [0.05, 0.1) is 0 Å². The molecular formula is C13H20ClNO. The van der Waals surface area contributed by atoms with Gasteiger partial charge in [-0.2, -0.15) is 0 Å². The Morgan fingerprint density at radius 2 is 1.62 bits per heavy atom. The summed E-state index contributed by atoms with van der Waals surface area (Å²) in [5.74, 6) is 1.05. The Balaban J connectivity index is 0.00000128. The van der Waals surface area contributed by atoms with Crippen LogP contribution >= 0.6 is 12.4 Å². The summed E-state index contributed by atoms with van der Waals surface area (Å²) in [5.41, 5.74) is 1.38. The Bertz CT molecular complexity index is 304. The van der Waals surface area contributed by atoms with Crippen LogP contribution in [-0.2, 0) is 0 Å². The van der Waals surface area contributed by atoms with Gasteiger partial charge in [0.25, 0.3) is 0 Å². The van der Waals surface area contributed by atoms with Crippen LogP contribution in [0.5, 0.6) is 5.75 Å². The summed E-state index contributed by atoms with van der Waals surface area (Å²) in [6, 6.07) is 8.40. The second kappa shape index (κ2) is 6.12. The van der Waals surface area contributed by atoms with Gasteiger partial charge in [-0.1, -0.05) is 12.1 Å². The molecular weight excluding hydrogens is 222 g/mol. The van der Waals surface area contributed by atoms with Crippen molar-refractivity contribution in [2.75, 3.05) is 7.05 Å². The summed E-state index contributed by atoms with van der Waals surface area (Å²) in [4.78, 5) is 0. The molecule has 1 fully saturated rings. The molecule has 1 saturated carbocycles. The van der Waals surface area contributed by atoms with Crippen molar-refractivity contribution >= 4 is 12.4 Å². The van der Waals surface area contributed by atoms with Gasteiger partial charge in [-0.15, -0.1) is 12.4 Å². The molecule has 90 valence electrons. The maximum atomic E-state index is 9.23. The van der Waals surface area contributed by atoms with Crippen LogP contribution in [0.1, 0.15) is 37.2 Å². The van der Waals surface area contributed by atoms with Gasteiger partial charge in [0.2, 0.25) is 0 Å². The van der Waals surface area contributed by atoms with E-state index in [4.69, 9.17) is 0 Å². The zero-order valence-electron chi connectivity index (χ0n) is 9.65. The first-order valence-electron chi connectivity index (χ1n) is 5.76. The minimum Gasteiger partial charge on any atom is -0.508 e. The molecule has 0 radical (unpaired) electrons. The van der Waals surface area contributed by atoms with E-state index in [0.717, 1.165) is 0 Å². The number of phenolic OH excluding ortho intramolecular Hbond substituents is 1. The second-order valence-electron chi connectivity index (χ2n) is 4.43. The number of phenols is 1. The largest absolute Gasteiger partial charge is 0.508 e. The van der Waals surface area contributed by atoms with Crippen LogP contribution in [0.25, 0.3) is 0 Å². The fraction of sp³-hybridized carbons (Fsp3) is 0.538. The molecule has 0 amide bonds. The quantitative estimate of drug-likeness (QED) is 0.834. The molecule has 2 N–H and O–H groups in total. The number of aromatic hydroxyl groups is 1. The Morgan fingerprint density at radius 3 is 2.12 bits per heavy atom. The van der Waals surface area contributed by atoms with Crippen LogP contribution < -0.4 is 5.32 Å². The predicted molar refractivity (Wildman–Crippen MR) is 69.4 cm³/mol. The average molecular weight is 242 g/mol. The van der Waals surface area contributed by atoms with Crippen molar-refractivity contribution in [2.45, 2.75) is 37.6 Å². The summed E-state index contributed by atoms with van der Waals surface area (Å²) in [7, 11) is 2.05. The highest BCUT2D eigenvalue weighted by molar-refractivity contribution is 5.85. The van der Waals surface area contributed by atoms with Gasteiger partial charge in [-0.25, -0.2) is 0 Å².